The molecule has 1 amide bonds. The molecule has 1 aliphatic heterocycles. The summed E-state index contributed by atoms with van der Waals surface area (Å²) in [5, 5.41) is 3.08. The van der Waals surface area contributed by atoms with Gasteiger partial charge in [0.1, 0.15) is 0 Å². The molecule has 140 valence electrons. The number of hydrogen-bond acceptors (Lipinski definition) is 3. The van der Waals surface area contributed by atoms with Crippen LogP contribution in [0.3, 0.4) is 0 Å². The van der Waals surface area contributed by atoms with E-state index in [9.17, 15) is 4.79 Å². The fraction of sp³-hybridized carbons (Fsp3) is 0.333. The number of imidazole rings is 1. The van der Waals surface area contributed by atoms with Gasteiger partial charge in [0.05, 0.1) is 17.0 Å². The Morgan fingerprint density at radius 1 is 1.33 bits per heavy atom. The Morgan fingerprint density at radius 2 is 2.22 bits per heavy atom. The third kappa shape index (κ3) is 4.16. The van der Waals surface area contributed by atoms with Crippen molar-refractivity contribution in [1.29, 1.82) is 0 Å². The quantitative estimate of drug-likeness (QED) is 0.657. The van der Waals surface area contributed by atoms with Crippen LogP contribution >= 0.6 is 15.9 Å². The van der Waals surface area contributed by atoms with E-state index < -0.39 is 0 Å². The van der Waals surface area contributed by atoms with E-state index in [0.29, 0.717) is 13.1 Å². The number of carbonyl (C=O) groups is 1. The molecular formula is C21H23BrN4O. The highest BCUT2D eigenvalue weighted by Crippen LogP contribution is 2.24. The van der Waals surface area contributed by atoms with Gasteiger partial charge in [0.2, 0.25) is 11.9 Å². The summed E-state index contributed by atoms with van der Waals surface area (Å²) < 4.78 is 1.03. The lowest BCUT2D eigenvalue weighted by molar-refractivity contribution is -0.125. The van der Waals surface area contributed by atoms with E-state index in [1.54, 1.807) is 0 Å². The van der Waals surface area contributed by atoms with Crippen LogP contribution in [0.15, 0.2) is 46.9 Å². The molecule has 2 aromatic carbocycles. The van der Waals surface area contributed by atoms with Crippen molar-refractivity contribution in [2.75, 3.05) is 18.0 Å². The molecule has 0 saturated carbocycles. The van der Waals surface area contributed by atoms with E-state index in [1.807, 2.05) is 30.3 Å². The molecule has 3 aromatic rings. The third-order valence-electron chi connectivity index (χ3n) is 5.07. The Morgan fingerprint density at radius 3 is 3.07 bits per heavy atom. The second-order valence-electron chi connectivity index (χ2n) is 7.21. The molecule has 0 aliphatic carbocycles. The molecule has 27 heavy (non-hydrogen) atoms. The lowest BCUT2D eigenvalue weighted by Gasteiger charge is -2.31. The maximum atomic E-state index is 12.7. The monoisotopic (exact) mass is 426 g/mol. The summed E-state index contributed by atoms with van der Waals surface area (Å²) in [4.78, 5) is 23.0. The van der Waals surface area contributed by atoms with Gasteiger partial charge >= 0.3 is 0 Å². The van der Waals surface area contributed by atoms with Crippen LogP contribution in [0.1, 0.15) is 24.0 Å². The van der Waals surface area contributed by atoms with Crippen LogP contribution in [0.2, 0.25) is 0 Å². The number of rotatable bonds is 4. The average molecular weight is 427 g/mol. The number of hydrogen-bond donors (Lipinski definition) is 2. The van der Waals surface area contributed by atoms with Crippen LogP contribution in [0.4, 0.5) is 5.95 Å². The minimum atomic E-state index is -0.0131. The number of fused-ring (bicyclic) bond motifs is 1. The first-order valence-corrected chi connectivity index (χ1v) is 10.1. The van der Waals surface area contributed by atoms with Crippen molar-refractivity contribution in [2.45, 2.75) is 26.3 Å². The molecule has 1 fully saturated rings. The molecule has 6 heteroatoms. The number of H-pyrrole nitrogens is 1. The summed E-state index contributed by atoms with van der Waals surface area (Å²) in [5.41, 5.74) is 4.32. The van der Waals surface area contributed by atoms with Crippen molar-refractivity contribution in [3.63, 3.8) is 0 Å². The zero-order valence-electron chi connectivity index (χ0n) is 15.3. The Kier molecular flexibility index (Phi) is 5.16. The number of nitrogens with one attached hydrogen (secondary N) is 2. The molecule has 0 spiro atoms. The third-order valence-corrected chi connectivity index (χ3v) is 5.57. The van der Waals surface area contributed by atoms with Gasteiger partial charge in [0, 0.05) is 24.1 Å². The van der Waals surface area contributed by atoms with Gasteiger partial charge in [-0.3, -0.25) is 4.79 Å². The van der Waals surface area contributed by atoms with Crippen molar-refractivity contribution in [1.82, 2.24) is 15.3 Å². The zero-order chi connectivity index (χ0) is 18.8. The van der Waals surface area contributed by atoms with Crippen LogP contribution in [0, 0.1) is 12.8 Å². The number of nitrogens with zero attached hydrogens (tertiary/aromatic N) is 2. The highest BCUT2D eigenvalue weighted by molar-refractivity contribution is 9.10. The second kappa shape index (κ2) is 7.72. The molecule has 5 nitrogen and oxygen atoms in total. The van der Waals surface area contributed by atoms with Gasteiger partial charge in [0.25, 0.3) is 0 Å². The standard InChI is InChI=1S/C21H23BrN4O/c1-14-7-8-18-19(10-14)25-21(24-18)26-9-3-5-16(13-26)20(27)23-12-15-4-2-6-17(22)11-15/h2,4,6-8,10-11,16H,3,5,9,12-13H2,1H3,(H,23,27)(H,24,25)/t16-/m1/s1. The number of piperidine rings is 1. The van der Waals surface area contributed by atoms with Crippen LogP contribution in [0.25, 0.3) is 11.0 Å². The molecule has 4 rings (SSSR count). The first-order chi connectivity index (χ1) is 13.1. The van der Waals surface area contributed by atoms with Gasteiger partial charge in [0.15, 0.2) is 0 Å². The molecule has 1 aliphatic rings. The number of aromatic amines is 1. The van der Waals surface area contributed by atoms with Gasteiger partial charge in [-0.05, 0) is 55.2 Å². The number of halogens is 1. The maximum absolute atomic E-state index is 12.7. The van der Waals surface area contributed by atoms with E-state index in [1.165, 1.54) is 5.56 Å². The lowest BCUT2D eigenvalue weighted by Crippen LogP contribution is -2.43. The molecule has 0 unspecified atom stereocenters. The fourth-order valence-corrected chi connectivity index (χ4v) is 4.07. The molecule has 0 bridgehead atoms. The van der Waals surface area contributed by atoms with Crippen LogP contribution in [-0.2, 0) is 11.3 Å². The second-order valence-corrected chi connectivity index (χ2v) is 8.13. The molecular weight excluding hydrogens is 404 g/mol. The predicted molar refractivity (Wildman–Crippen MR) is 112 cm³/mol. The van der Waals surface area contributed by atoms with Gasteiger partial charge in [-0.1, -0.05) is 34.1 Å². The van der Waals surface area contributed by atoms with Crippen molar-refractivity contribution < 1.29 is 4.79 Å². The minimum absolute atomic E-state index is 0.0131. The number of aromatic nitrogens is 2. The summed E-state index contributed by atoms with van der Waals surface area (Å²) in [6.07, 6.45) is 1.91. The van der Waals surface area contributed by atoms with Crippen LogP contribution in [-0.4, -0.2) is 29.0 Å². The predicted octanol–water partition coefficient (Wildman–Crippen LogP) is 4.17. The van der Waals surface area contributed by atoms with Gasteiger partial charge in [-0.15, -0.1) is 0 Å². The molecule has 0 radical (unpaired) electrons. The van der Waals surface area contributed by atoms with E-state index in [-0.39, 0.29) is 11.8 Å². The molecule has 1 atom stereocenters. The number of amides is 1. The smallest absolute Gasteiger partial charge is 0.225 e. The normalized spacial score (nSPS) is 17.3. The number of carbonyl (C=O) groups excluding carboxylic acids is 1. The number of anilines is 1. The Bertz CT molecular complexity index is 968. The van der Waals surface area contributed by atoms with Crippen molar-refractivity contribution in [3.05, 3.63) is 58.1 Å². The molecule has 2 heterocycles. The largest absolute Gasteiger partial charge is 0.352 e. The highest BCUT2D eigenvalue weighted by Gasteiger charge is 2.27. The molecule has 1 aromatic heterocycles. The Hall–Kier alpha value is -2.34. The van der Waals surface area contributed by atoms with E-state index in [0.717, 1.165) is 46.4 Å². The summed E-state index contributed by atoms with van der Waals surface area (Å²) in [6, 6.07) is 14.2. The van der Waals surface area contributed by atoms with E-state index in [2.05, 4.69) is 50.2 Å². The summed E-state index contributed by atoms with van der Waals surface area (Å²) in [5.74, 6) is 0.965. The average Bonchev–Trinajstić information content (AvgIpc) is 3.09. The zero-order valence-corrected chi connectivity index (χ0v) is 16.9. The first kappa shape index (κ1) is 18.0. The summed E-state index contributed by atoms with van der Waals surface area (Å²) in [6.45, 7) is 4.25. The lowest BCUT2D eigenvalue weighted by atomic mass is 9.97. The Labute approximate surface area is 167 Å². The Balaban J connectivity index is 1.41. The van der Waals surface area contributed by atoms with Gasteiger partial charge < -0.3 is 15.2 Å². The number of benzene rings is 2. The minimum Gasteiger partial charge on any atom is -0.352 e. The fourth-order valence-electron chi connectivity index (χ4n) is 3.62. The maximum Gasteiger partial charge on any atom is 0.225 e. The van der Waals surface area contributed by atoms with Gasteiger partial charge in [-0.25, -0.2) is 4.98 Å². The van der Waals surface area contributed by atoms with Crippen LogP contribution in [0.5, 0.6) is 0 Å². The van der Waals surface area contributed by atoms with Crippen molar-refractivity contribution in [3.8, 4) is 0 Å². The van der Waals surface area contributed by atoms with E-state index in [4.69, 9.17) is 4.98 Å². The molecule has 1 saturated heterocycles. The molecule has 2 N–H and O–H groups in total. The number of aryl methyl sites for hydroxylation is 1. The summed E-state index contributed by atoms with van der Waals surface area (Å²) in [7, 11) is 0. The van der Waals surface area contributed by atoms with Crippen molar-refractivity contribution in [2.24, 2.45) is 5.92 Å². The van der Waals surface area contributed by atoms with Gasteiger partial charge in [-0.2, -0.15) is 0 Å². The van der Waals surface area contributed by atoms with E-state index >= 15 is 0 Å². The first-order valence-electron chi connectivity index (χ1n) is 9.32. The summed E-state index contributed by atoms with van der Waals surface area (Å²) >= 11 is 3.47. The SMILES string of the molecule is Cc1ccc2nc(N3CCC[C@@H](C(=O)NCc4cccc(Br)c4)C3)[nH]c2c1. The topological polar surface area (TPSA) is 61.0 Å². The van der Waals surface area contributed by atoms with Crippen molar-refractivity contribution >= 4 is 38.8 Å². The highest BCUT2D eigenvalue weighted by atomic mass is 79.9. The van der Waals surface area contributed by atoms with Crippen LogP contribution < -0.4 is 10.2 Å².